The van der Waals surface area contributed by atoms with Crippen molar-refractivity contribution >= 4 is 23.3 Å². The molecule has 3 rings (SSSR count). The highest BCUT2D eigenvalue weighted by atomic mass is 35.5. The normalized spacial score (nSPS) is 10.7. The first-order valence-electron chi connectivity index (χ1n) is 7.32. The van der Waals surface area contributed by atoms with E-state index in [1.807, 2.05) is 6.92 Å². The fourth-order valence-electron chi connectivity index (χ4n) is 2.76. The van der Waals surface area contributed by atoms with Gasteiger partial charge < -0.3 is 14.3 Å². The van der Waals surface area contributed by atoms with Gasteiger partial charge in [-0.3, -0.25) is 10.1 Å². The molecule has 0 radical (unpaired) electrons. The molecule has 1 aromatic carbocycles. The topological polar surface area (TPSA) is 90.2 Å². The van der Waals surface area contributed by atoms with Crippen LogP contribution in [0.25, 0.3) is 16.9 Å². The van der Waals surface area contributed by atoms with Gasteiger partial charge in [-0.05, 0) is 36.8 Å². The van der Waals surface area contributed by atoms with E-state index in [2.05, 4.69) is 4.98 Å². The SMILES string of the molecule is COC(=O)c1[nH]cc(C)c1-c1cccn1-c1ccc(Cl)cc1[N+](=O)[O-]. The Bertz CT molecular complexity index is 974. The first-order chi connectivity index (χ1) is 11.9. The third kappa shape index (κ3) is 2.89. The molecule has 7 nitrogen and oxygen atoms in total. The summed E-state index contributed by atoms with van der Waals surface area (Å²) >= 11 is 5.89. The number of nitrogens with zero attached hydrogens (tertiary/aromatic N) is 2. The zero-order chi connectivity index (χ0) is 18.1. The maximum absolute atomic E-state index is 12.0. The molecular weight excluding hydrogens is 346 g/mol. The van der Waals surface area contributed by atoms with Gasteiger partial charge in [0.2, 0.25) is 0 Å². The number of ether oxygens (including phenoxy) is 1. The van der Waals surface area contributed by atoms with Crippen LogP contribution in [0.5, 0.6) is 0 Å². The zero-order valence-corrected chi connectivity index (χ0v) is 14.2. The Labute approximate surface area is 148 Å². The summed E-state index contributed by atoms with van der Waals surface area (Å²) < 4.78 is 6.46. The van der Waals surface area contributed by atoms with Crippen LogP contribution in [0.15, 0.2) is 42.7 Å². The zero-order valence-electron chi connectivity index (χ0n) is 13.4. The van der Waals surface area contributed by atoms with Crippen LogP contribution in [0, 0.1) is 17.0 Å². The molecule has 0 spiro atoms. The molecule has 0 saturated carbocycles. The van der Waals surface area contributed by atoms with E-state index in [1.165, 1.54) is 13.2 Å². The largest absolute Gasteiger partial charge is 0.464 e. The molecule has 0 bridgehead atoms. The van der Waals surface area contributed by atoms with Crippen LogP contribution in [0.2, 0.25) is 5.02 Å². The minimum absolute atomic E-state index is 0.127. The average molecular weight is 360 g/mol. The van der Waals surface area contributed by atoms with Crippen molar-refractivity contribution in [3.8, 4) is 16.9 Å². The van der Waals surface area contributed by atoms with Crippen molar-refractivity contribution in [3.05, 3.63) is 69.1 Å². The first-order valence-corrected chi connectivity index (χ1v) is 7.70. The van der Waals surface area contributed by atoms with Gasteiger partial charge in [-0.1, -0.05) is 11.6 Å². The summed E-state index contributed by atoms with van der Waals surface area (Å²) in [6, 6.07) is 7.98. The Balaban J connectivity index is 2.24. The number of hydrogen-bond donors (Lipinski definition) is 1. The number of carbonyl (C=O) groups excluding carboxylic acids is 1. The molecule has 0 saturated heterocycles. The summed E-state index contributed by atoms with van der Waals surface area (Å²) in [5.41, 5.74) is 2.59. The third-order valence-electron chi connectivity index (χ3n) is 3.87. The molecule has 3 aromatic rings. The molecule has 0 unspecified atom stereocenters. The van der Waals surface area contributed by atoms with E-state index in [9.17, 15) is 14.9 Å². The van der Waals surface area contributed by atoms with Gasteiger partial charge in [0.05, 0.1) is 17.7 Å². The summed E-state index contributed by atoms with van der Waals surface area (Å²) in [5, 5.41) is 11.7. The van der Waals surface area contributed by atoms with Crippen LogP contribution in [0.4, 0.5) is 5.69 Å². The maximum atomic E-state index is 12.0. The number of aromatic amines is 1. The van der Waals surface area contributed by atoms with Gasteiger partial charge in [0.25, 0.3) is 5.69 Å². The lowest BCUT2D eigenvalue weighted by molar-refractivity contribution is -0.384. The van der Waals surface area contributed by atoms with Crippen LogP contribution >= 0.6 is 11.6 Å². The van der Waals surface area contributed by atoms with E-state index in [-0.39, 0.29) is 16.4 Å². The fourth-order valence-corrected chi connectivity index (χ4v) is 2.92. The van der Waals surface area contributed by atoms with Crippen molar-refractivity contribution in [1.82, 2.24) is 9.55 Å². The Morgan fingerprint density at radius 2 is 2.12 bits per heavy atom. The number of H-pyrrole nitrogens is 1. The number of hydrogen-bond acceptors (Lipinski definition) is 4. The van der Waals surface area contributed by atoms with Gasteiger partial charge in [-0.25, -0.2) is 4.79 Å². The number of carbonyl (C=O) groups is 1. The minimum Gasteiger partial charge on any atom is -0.464 e. The number of methoxy groups -OCH3 is 1. The van der Waals surface area contributed by atoms with Gasteiger partial charge in [0, 0.05) is 29.0 Å². The summed E-state index contributed by atoms with van der Waals surface area (Å²) in [6.07, 6.45) is 3.38. The number of nitro groups is 1. The van der Waals surface area contributed by atoms with Crippen molar-refractivity contribution in [2.75, 3.05) is 7.11 Å². The fraction of sp³-hybridized carbons (Fsp3) is 0.118. The second kappa shape index (κ2) is 6.45. The number of aryl methyl sites for hydroxylation is 1. The lowest BCUT2D eigenvalue weighted by Gasteiger charge is -2.11. The summed E-state index contributed by atoms with van der Waals surface area (Å²) in [4.78, 5) is 25.8. The van der Waals surface area contributed by atoms with Gasteiger partial charge in [-0.2, -0.15) is 0 Å². The Hall–Kier alpha value is -3.06. The van der Waals surface area contributed by atoms with E-state index in [4.69, 9.17) is 16.3 Å². The molecule has 0 atom stereocenters. The molecule has 1 N–H and O–H groups in total. The second-order valence-electron chi connectivity index (χ2n) is 5.37. The molecule has 0 aliphatic carbocycles. The molecule has 0 amide bonds. The minimum atomic E-state index is -0.513. The second-order valence-corrected chi connectivity index (χ2v) is 5.80. The molecular formula is C17H14ClN3O4. The highest BCUT2D eigenvalue weighted by molar-refractivity contribution is 6.30. The molecule has 0 aliphatic heterocycles. The third-order valence-corrected chi connectivity index (χ3v) is 4.10. The standard InChI is InChI=1S/C17H14ClN3O4/c1-10-9-19-16(17(22)25-2)15(10)13-4-3-7-20(13)12-6-5-11(18)8-14(12)21(23)24/h3-9,19H,1-2H3. The summed E-state index contributed by atoms with van der Waals surface area (Å²) in [5.74, 6) is -0.513. The number of benzene rings is 1. The number of aromatic nitrogens is 2. The highest BCUT2D eigenvalue weighted by Gasteiger charge is 2.23. The Morgan fingerprint density at radius 3 is 2.80 bits per heavy atom. The van der Waals surface area contributed by atoms with E-state index in [1.54, 1.807) is 41.2 Å². The van der Waals surface area contributed by atoms with Crippen LogP contribution in [0.3, 0.4) is 0 Å². The molecule has 8 heteroatoms. The predicted octanol–water partition coefficient (Wildman–Crippen LogP) is 4.13. The van der Waals surface area contributed by atoms with E-state index >= 15 is 0 Å². The van der Waals surface area contributed by atoms with Crippen LogP contribution in [0.1, 0.15) is 16.1 Å². The van der Waals surface area contributed by atoms with Crippen molar-refractivity contribution in [1.29, 1.82) is 0 Å². The average Bonchev–Trinajstić information content (AvgIpc) is 3.20. The van der Waals surface area contributed by atoms with Crippen molar-refractivity contribution in [2.24, 2.45) is 0 Å². The Kier molecular flexibility index (Phi) is 4.33. The lowest BCUT2D eigenvalue weighted by Crippen LogP contribution is -2.06. The smallest absolute Gasteiger partial charge is 0.355 e. The van der Waals surface area contributed by atoms with Crippen molar-refractivity contribution in [3.63, 3.8) is 0 Å². The molecule has 2 aromatic heterocycles. The number of esters is 1. The van der Waals surface area contributed by atoms with Crippen LogP contribution in [-0.2, 0) is 4.74 Å². The van der Waals surface area contributed by atoms with Crippen molar-refractivity contribution in [2.45, 2.75) is 6.92 Å². The lowest BCUT2D eigenvalue weighted by atomic mass is 10.1. The molecule has 25 heavy (non-hydrogen) atoms. The molecule has 2 heterocycles. The number of nitrogens with one attached hydrogen (secondary N) is 1. The number of halogens is 1. The van der Waals surface area contributed by atoms with Gasteiger partial charge in [-0.15, -0.1) is 0 Å². The Morgan fingerprint density at radius 1 is 1.36 bits per heavy atom. The molecule has 128 valence electrons. The number of rotatable bonds is 4. The highest BCUT2D eigenvalue weighted by Crippen LogP contribution is 2.34. The van der Waals surface area contributed by atoms with E-state index in [0.29, 0.717) is 16.9 Å². The van der Waals surface area contributed by atoms with Crippen LogP contribution in [-0.4, -0.2) is 27.6 Å². The van der Waals surface area contributed by atoms with Gasteiger partial charge in [0.15, 0.2) is 0 Å². The monoisotopic (exact) mass is 359 g/mol. The van der Waals surface area contributed by atoms with E-state index < -0.39 is 10.9 Å². The van der Waals surface area contributed by atoms with Gasteiger partial charge in [0.1, 0.15) is 11.4 Å². The maximum Gasteiger partial charge on any atom is 0.355 e. The van der Waals surface area contributed by atoms with Crippen LogP contribution < -0.4 is 0 Å². The van der Waals surface area contributed by atoms with Crippen molar-refractivity contribution < 1.29 is 14.5 Å². The predicted molar refractivity (Wildman–Crippen MR) is 93.3 cm³/mol. The summed E-state index contributed by atoms with van der Waals surface area (Å²) in [7, 11) is 1.30. The van der Waals surface area contributed by atoms with E-state index in [0.717, 1.165) is 5.56 Å². The molecule has 0 aliphatic rings. The number of nitro benzene ring substituents is 1. The molecule has 0 fully saturated rings. The first kappa shape index (κ1) is 16.8. The van der Waals surface area contributed by atoms with Gasteiger partial charge >= 0.3 is 5.97 Å². The summed E-state index contributed by atoms with van der Waals surface area (Å²) in [6.45, 7) is 1.84. The quantitative estimate of drug-likeness (QED) is 0.431.